The third kappa shape index (κ3) is 6.39. The van der Waals surface area contributed by atoms with E-state index in [0.29, 0.717) is 6.54 Å². The molecule has 0 amide bonds. The van der Waals surface area contributed by atoms with Crippen molar-refractivity contribution < 1.29 is 0 Å². The molecule has 6 nitrogen and oxygen atoms in total. The highest BCUT2D eigenvalue weighted by molar-refractivity contribution is 14.0. The average molecular weight is 496 g/mol. The number of thioether (sulfide) groups is 1. The lowest BCUT2D eigenvalue weighted by Gasteiger charge is -2.11. The minimum absolute atomic E-state index is 0. The number of hydrogen-bond acceptors (Lipinski definition) is 4. The zero-order chi connectivity index (χ0) is 18.2. The van der Waals surface area contributed by atoms with Crippen molar-refractivity contribution >= 4 is 47.3 Å². The van der Waals surface area contributed by atoms with E-state index in [-0.39, 0.29) is 24.0 Å². The first-order valence-corrected chi connectivity index (χ1v) is 9.75. The molecule has 2 heterocycles. The zero-order valence-electron chi connectivity index (χ0n) is 15.6. The topological polar surface area (TPSA) is 66.6 Å². The van der Waals surface area contributed by atoms with Crippen molar-refractivity contribution in [3.05, 3.63) is 60.0 Å². The maximum atomic E-state index is 4.62. The lowest BCUT2D eigenvalue weighted by molar-refractivity contribution is 0.818. The van der Waals surface area contributed by atoms with Crippen LogP contribution in [-0.4, -0.2) is 39.4 Å². The van der Waals surface area contributed by atoms with Gasteiger partial charge >= 0.3 is 0 Å². The molecule has 0 spiro atoms. The van der Waals surface area contributed by atoms with E-state index >= 15 is 0 Å². The summed E-state index contributed by atoms with van der Waals surface area (Å²) in [6, 6.07) is 14.5. The SMILES string of the molecule is CCNC(=NCc1nnc2ccccn12)NCCSc1ccc(C)cc1.I. The fourth-order valence-corrected chi connectivity index (χ4v) is 3.23. The number of hydrogen-bond donors (Lipinski definition) is 2. The van der Waals surface area contributed by atoms with Gasteiger partial charge in [0, 0.05) is 29.9 Å². The molecule has 0 aliphatic rings. The van der Waals surface area contributed by atoms with Gasteiger partial charge in [-0.05, 0) is 38.1 Å². The number of aliphatic imine (C=N–C) groups is 1. The molecule has 1 aromatic carbocycles. The molecule has 27 heavy (non-hydrogen) atoms. The standard InChI is InChI=1S/C19H24N6S.HI/c1-3-20-19(21-11-13-26-16-9-7-15(2)8-10-16)22-14-18-24-23-17-6-4-5-12-25(17)18;/h4-10,12H,3,11,13-14H2,1-2H3,(H2,20,21,22);1H. The van der Waals surface area contributed by atoms with Crippen LogP contribution in [0, 0.1) is 6.92 Å². The summed E-state index contributed by atoms with van der Waals surface area (Å²) >= 11 is 1.84. The summed E-state index contributed by atoms with van der Waals surface area (Å²) in [4.78, 5) is 5.91. The van der Waals surface area contributed by atoms with Crippen molar-refractivity contribution in [3.8, 4) is 0 Å². The number of nitrogens with one attached hydrogen (secondary N) is 2. The van der Waals surface area contributed by atoms with Crippen molar-refractivity contribution in [1.82, 2.24) is 25.2 Å². The second-order valence-corrected chi connectivity index (χ2v) is 7.00. The second-order valence-electron chi connectivity index (χ2n) is 5.83. The Labute approximate surface area is 181 Å². The van der Waals surface area contributed by atoms with Crippen LogP contribution in [-0.2, 0) is 6.54 Å². The summed E-state index contributed by atoms with van der Waals surface area (Å²) in [5, 5.41) is 15.0. The molecule has 0 bridgehead atoms. The number of nitrogens with zero attached hydrogens (tertiary/aromatic N) is 4. The molecule has 0 radical (unpaired) electrons. The van der Waals surface area contributed by atoms with Gasteiger partial charge in [-0.15, -0.1) is 45.9 Å². The smallest absolute Gasteiger partial charge is 0.191 e. The highest BCUT2D eigenvalue weighted by Gasteiger charge is 2.04. The molecule has 144 valence electrons. The van der Waals surface area contributed by atoms with Gasteiger partial charge in [-0.25, -0.2) is 4.99 Å². The summed E-state index contributed by atoms with van der Waals surface area (Å²) in [5.74, 6) is 2.60. The van der Waals surface area contributed by atoms with Crippen LogP contribution in [0.5, 0.6) is 0 Å². The van der Waals surface area contributed by atoms with Crippen molar-refractivity contribution in [1.29, 1.82) is 0 Å². The number of aromatic nitrogens is 3. The molecule has 8 heteroatoms. The van der Waals surface area contributed by atoms with E-state index in [9.17, 15) is 0 Å². The van der Waals surface area contributed by atoms with Crippen LogP contribution < -0.4 is 10.6 Å². The molecule has 0 atom stereocenters. The molecular weight excluding hydrogens is 471 g/mol. The van der Waals surface area contributed by atoms with Crippen LogP contribution in [0.4, 0.5) is 0 Å². The first-order valence-electron chi connectivity index (χ1n) is 8.76. The normalized spacial score (nSPS) is 11.3. The molecule has 2 aromatic heterocycles. The Kier molecular flexibility index (Phi) is 8.86. The summed E-state index contributed by atoms with van der Waals surface area (Å²) in [7, 11) is 0. The number of halogens is 1. The Bertz CT molecular complexity index is 862. The predicted octanol–water partition coefficient (Wildman–Crippen LogP) is 3.50. The first kappa shape index (κ1) is 21.5. The minimum Gasteiger partial charge on any atom is -0.357 e. The number of aryl methyl sites for hydroxylation is 1. The molecule has 0 saturated heterocycles. The molecule has 3 rings (SSSR count). The number of rotatable bonds is 7. The maximum Gasteiger partial charge on any atom is 0.191 e. The van der Waals surface area contributed by atoms with E-state index in [1.54, 1.807) is 0 Å². The predicted molar refractivity (Wildman–Crippen MR) is 123 cm³/mol. The molecule has 0 unspecified atom stereocenters. The van der Waals surface area contributed by atoms with E-state index in [1.807, 2.05) is 40.6 Å². The van der Waals surface area contributed by atoms with Crippen LogP contribution in [0.15, 0.2) is 58.5 Å². The summed E-state index contributed by atoms with van der Waals surface area (Å²) < 4.78 is 1.96. The molecule has 3 aromatic rings. The van der Waals surface area contributed by atoms with E-state index in [0.717, 1.165) is 36.3 Å². The summed E-state index contributed by atoms with van der Waals surface area (Å²) in [5.41, 5.74) is 2.13. The van der Waals surface area contributed by atoms with Gasteiger partial charge in [-0.2, -0.15) is 0 Å². The van der Waals surface area contributed by atoms with Gasteiger partial charge in [0.05, 0.1) is 0 Å². The fourth-order valence-electron chi connectivity index (χ4n) is 2.46. The van der Waals surface area contributed by atoms with Gasteiger partial charge in [0.15, 0.2) is 17.4 Å². The average Bonchev–Trinajstić information content (AvgIpc) is 3.08. The van der Waals surface area contributed by atoms with Gasteiger partial charge in [-0.1, -0.05) is 23.8 Å². The van der Waals surface area contributed by atoms with E-state index < -0.39 is 0 Å². The molecule has 2 N–H and O–H groups in total. The highest BCUT2D eigenvalue weighted by atomic mass is 127. The van der Waals surface area contributed by atoms with Crippen molar-refractivity contribution in [2.45, 2.75) is 25.3 Å². The Balaban J connectivity index is 0.00000261. The number of guanidine groups is 1. The Morgan fingerprint density at radius 1 is 1.11 bits per heavy atom. The van der Waals surface area contributed by atoms with Gasteiger partial charge in [0.25, 0.3) is 0 Å². The third-order valence-corrected chi connectivity index (χ3v) is 4.81. The highest BCUT2D eigenvalue weighted by Crippen LogP contribution is 2.17. The van der Waals surface area contributed by atoms with Crippen molar-refractivity contribution in [2.24, 2.45) is 4.99 Å². The van der Waals surface area contributed by atoms with E-state index in [2.05, 4.69) is 63.9 Å². The van der Waals surface area contributed by atoms with Gasteiger partial charge in [0.2, 0.25) is 0 Å². The minimum atomic E-state index is 0. The third-order valence-electron chi connectivity index (χ3n) is 3.79. The molecule has 0 aliphatic carbocycles. The van der Waals surface area contributed by atoms with Gasteiger partial charge in [0.1, 0.15) is 6.54 Å². The van der Waals surface area contributed by atoms with Crippen LogP contribution >= 0.6 is 35.7 Å². The molecule has 0 fully saturated rings. The van der Waals surface area contributed by atoms with Crippen LogP contribution in [0.3, 0.4) is 0 Å². The second kappa shape index (κ2) is 11.1. The number of benzene rings is 1. The van der Waals surface area contributed by atoms with Crippen LogP contribution in [0.1, 0.15) is 18.3 Å². The maximum absolute atomic E-state index is 4.62. The lowest BCUT2D eigenvalue weighted by Crippen LogP contribution is -2.38. The van der Waals surface area contributed by atoms with Gasteiger partial charge < -0.3 is 10.6 Å². The van der Waals surface area contributed by atoms with Crippen LogP contribution in [0.2, 0.25) is 0 Å². The molecular formula is C19H25IN6S. The summed E-state index contributed by atoms with van der Waals surface area (Å²) in [6.45, 7) is 6.30. The number of fused-ring (bicyclic) bond motifs is 1. The first-order chi connectivity index (χ1) is 12.8. The largest absolute Gasteiger partial charge is 0.357 e. The Morgan fingerprint density at radius 3 is 2.70 bits per heavy atom. The van der Waals surface area contributed by atoms with Gasteiger partial charge in [-0.3, -0.25) is 4.40 Å². The Hall–Kier alpha value is -1.81. The van der Waals surface area contributed by atoms with Crippen LogP contribution in [0.25, 0.3) is 5.65 Å². The van der Waals surface area contributed by atoms with E-state index in [4.69, 9.17) is 0 Å². The number of pyridine rings is 1. The molecule has 0 saturated carbocycles. The van der Waals surface area contributed by atoms with Crippen molar-refractivity contribution in [3.63, 3.8) is 0 Å². The molecule has 0 aliphatic heterocycles. The fraction of sp³-hybridized carbons (Fsp3) is 0.316. The Morgan fingerprint density at radius 2 is 1.93 bits per heavy atom. The van der Waals surface area contributed by atoms with E-state index in [1.165, 1.54) is 10.5 Å². The zero-order valence-corrected chi connectivity index (χ0v) is 18.7. The monoisotopic (exact) mass is 496 g/mol. The quantitative estimate of drug-likeness (QED) is 0.172. The lowest BCUT2D eigenvalue weighted by atomic mass is 10.2. The summed E-state index contributed by atoms with van der Waals surface area (Å²) in [6.07, 6.45) is 1.96. The van der Waals surface area contributed by atoms with Crippen molar-refractivity contribution in [2.75, 3.05) is 18.8 Å².